The summed E-state index contributed by atoms with van der Waals surface area (Å²) >= 11 is 0. The lowest BCUT2D eigenvalue weighted by Crippen LogP contribution is -2.07. The van der Waals surface area contributed by atoms with Crippen LogP contribution in [0.4, 0.5) is 8.78 Å². The average molecular weight is 200 g/mol. The number of hydrogen-bond donors (Lipinski definition) is 1. The highest BCUT2D eigenvalue weighted by molar-refractivity contribution is 5.75. The van der Waals surface area contributed by atoms with E-state index in [0.717, 1.165) is 0 Å². The Morgan fingerprint density at radius 1 is 1.21 bits per heavy atom. The van der Waals surface area contributed by atoms with Crippen LogP contribution in [0.25, 0.3) is 0 Å². The average Bonchev–Trinajstić information content (AvgIpc) is 2.16. The van der Waals surface area contributed by atoms with Crippen LogP contribution >= 0.6 is 0 Å². The Morgan fingerprint density at radius 2 is 1.64 bits per heavy atom. The maximum atomic E-state index is 12.1. The molecule has 1 atom stereocenters. The minimum Gasteiger partial charge on any atom is -0.481 e. The van der Waals surface area contributed by atoms with E-state index in [2.05, 4.69) is 0 Å². The number of aliphatic carboxylic acids is 1. The highest BCUT2D eigenvalue weighted by Crippen LogP contribution is 2.22. The third-order valence-electron chi connectivity index (χ3n) is 2.06. The van der Waals surface area contributed by atoms with Gasteiger partial charge < -0.3 is 5.11 Å². The van der Waals surface area contributed by atoms with Gasteiger partial charge in [-0.1, -0.05) is 24.3 Å². The van der Waals surface area contributed by atoms with Crippen molar-refractivity contribution in [2.24, 2.45) is 0 Å². The Kier molecular flexibility index (Phi) is 3.17. The summed E-state index contributed by atoms with van der Waals surface area (Å²) in [6, 6.07) is 5.33. The van der Waals surface area contributed by atoms with Crippen molar-refractivity contribution in [3.8, 4) is 0 Å². The number of hydrogen-bond acceptors (Lipinski definition) is 1. The fourth-order valence-electron chi connectivity index (χ4n) is 1.07. The molecule has 2 nitrogen and oxygen atoms in total. The lowest BCUT2D eigenvalue weighted by molar-refractivity contribution is -0.138. The van der Waals surface area contributed by atoms with E-state index in [0.29, 0.717) is 5.56 Å². The third kappa shape index (κ3) is 2.28. The van der Waals surface area contributed by atoms with Crippen LogP contribution in [0.5, 0.6) is 0 Å². The molecule has 0 saturated carbocycles. The summed E-state index contributed by atoms with van der Waals surface area (Å²) in [5.74, 6) is -1.63. The Bertz CT molecular complexity index is 319. The van der Waals surface area contributed by atoms with Crippen LogP contribution in [0.15, 0.2) is 24.3 Å². The zero-order valence-electron chi connectivity index (χ0n) is 7.58. The van der Waals surface area contributed by atoms with Crippen LogP contribution in [0.2, 0.25) is 0 Å². The molecule has 0 aromatic heterocycles. The lowest BCUT2D eigenvalue weighted by atomic mass is 10.0. The van der Waals surface area contributed by atoms with Crippen molar-refractivity contribution in [2.75, 3.05) is 0 Å². The summed E-state index contributed by atoms with van der Waals surface area (Å²) in [4.78, 5) is 10.6. The van der Waals surface area contributed by atoms with Crippen molar-refractivity contribution < 1.29 is 18.7 Å². The van der Waals surface area contributed by atoms with Gasteiger partial charge in [0.15, 0.2) is 0 Å². The largest absolute Gasteiger partial charge is 0.481 e. The zero-order valence-corrected chi connectivity index (χ0v) is 7.58. The molecule has 1 N–H and O–H groups in total. The Morgan fingerprint density at radius 3 is 2.00 bits per heavy atom. The standard InChI is InChI=1S/C10H10F2O2/c1-6(10(13)14)7-2-4-8(5-3-7)9(11)12/h2-6,9H,1H3,(H,13,14). The number of carboxylic acid groups (broad SMARTS) is 1. The molecular weight excluding hydrogens is 190 g/mol. The first kappa shape index (κ1) is 10.6. The molecule has 0 aliphatic rings. The minimum atomic E-state index is -2.51. The molecule has 1 aromatic carbocycles. The molecular formula is C10H10F2O2. The Labute approximate surface area is 80.2 Å². The van der Waals surface area contributed by atoms with E-state index in [1.54, 1.807) is 0 Å². The van der Waals surface area contributed by atoms with Gasteiger partial charge in [-0.15, -0.1) is 0 Å². The van der Waals surface area contributed by atoms with Crippen LogP contribution in [0.3, 0.4) is 0 Å². The van der Waals surface area contributed by atoms with E-state index < -0.39 is 18.3 Å². The molecule has 0 heterocycles. The summed E-state index contributed by atoms with van der Waals surface area (Å²) < 4.78 is 24.3. The van der Waals surface area contributed by atoms with E-state index in [1.807, 2.05) is 0 Å². The van der Waals surface area contributed by atoms with Gasteiger partial charge in [0.25, 0.3) is 6.43 Å². The second-order valence-corrected chi connectivity index (χ2v) is 3.03. The SMILES string of the molecule is CC(C(=O)O)c1ccc(C(F)F)cc1. The van der Waals surface area contributed by atoms with Crippen molar-refractivity contribution in [2.45, 2.75) is 19.3 Å². The van der Waals surface area contributed by atoms with E-state index >= 15 is 0 Å². The quantitative estimate of drug-likeness (QED) is 0.814. The van der Waals surface area contributed by atoms with Crippen molar-refractivity contribution in [1.82, 2.24) is 0 Å². The molecule has 1 rings (SSSR count). The first-order chi connectivity index (χ1) is 6.52. The number of alkyl halides is 2. The number of benzene rings is 1. The van der Waals surface area contributed by atoms with Crippen molar-refractivity contribution in [3.63, 3.8) is 0 Å². The Hall–Kier alpha value is -1.45. The molecule has 0 aliphatic heterocycles. The van der Waals surface area contributed by atoms with E-state index in [4.69, 9.17) is 5.11 Å². The van der Waals surface area contributed by atoms with Crippen LogP contribution < -0.4 is 0 Å². The highest BCUT2D eigenvalue weighted by atomic mass is 19.3. The number of rotatable bonds is 3. The molecule has 0 amide bonds. The summed E-state index contributed by atoms with van der Waals surface area (Å²) in [5.41, 5.74) is 0.438. The predicted molar refractivity (Wildman–Crippen MR) is 47.4 cm³/mol. The summed E-state index contributed by atoms with van der Waals surface area (Å²) in [6.45, 7) is 1.51. The normalized spacial score (nSPS) is 12.9. The second kappa shape index (κ2) is 4.17. The highest BCUT2D eigenvalue weighted by Gasteiger charge is 2.14. The molecule has 0 spiro atoms. The summed E-state index contributed by atoms with van der Waals surface area (Å²) in [6.07, 6.45) is -2.51. The molecule has 0 fully saturated rings. The maximum Gasteiger partial charge on any atom is 0.310 e. The first-order valence-electron chi connectivity index (χ1n) is 4.13. The first-order valence-corrected chi connectivity index (χ1v) is 4.13. The topological polar surface area (TPSA) is 37.3 Å². The predicted octanol–water partition coefficient (Wildman–Crippen LogP) is 2.81. The molecule has 4 heteroatoms. The summed E-state index contributed by atoms with van der Waals surface area (Å²) in [7, 11) is 0. The lowest BCUT2D eigenvalue weighted by Gasteiger charge is -2.07. The molecule has 14 heavy (non-hydrogen) atoms. The van der Waals surface area contributed by atoms with Gasteiger partial charge in [-0.3, -0.25) is 4.79 Å². The maximum absolute atomic E-state index is 12.1. The Balaban J connectivity index is 2.88. The van der Waals surface area contributed by atoms with Crippen LogP contribution in [0, 0.1) is 0 Å². The summed E-state index contributed by atoms with van der Waals surface area (Å²) in [5, 5.41) is 8.67. The fourth-order valence-corrected chi connectivity index (χ4v) is 1.07. The van der Waals surface area contributed by atoms with Gasteiger partial charge in [0, 0.05) is 5.56 Å². The van der Waals surface area contributed by atoms with E-state index in [1.165, 1.54) is 31.2 Å². The molecule has 76 valence electrons. The third-order valence-corrected chi connectivity index (χ3v) is 2.06. The second-order valence-electron chi connectivity index (χ2n) is 3.03. The molecule has 0 radical (unpaired) electrons. The monoisotopic (exact) mass is 200 g/mol. The minimum absolute atomic E-state index is 0.0914. The van der Waals surface area contributed by atoms with Gasteiger partial charge in [0.1, 0.15) is 0 Å². The van der Waals surface area contributed by atoms with Crippen LogP contribution in [0.1, 0.15) is 30.4 Å². The molecule has 1 unspecified atom stereocenters. The van der Waals surface area contributed by atoms with Gasteiger partial charge in [-0.25, -0.2) is 8.78 Å². The van der Waals surface area contributed by atoms with Gasteiger partial charge in [-0.05, 0) is 12.5 Å². The molecule has 0 saturated heterocycles. The van der Waals surface area contributed by atoms with Crippen LogP contribution in [-0.4, -0.2) is 11.1 Å². The van der Waals surface area contributed by atoms with Gasteiger partial charge in [0.2, 0.25) is 0 Å². The van der Waals surface area contributed by atoms with E-state index in [-0.39, 0.29) is 5.56 Å². The number of halogens is 2. The van der Waals surface area contributed by atoms with Crippen LogP contribution in [-0.2, 0) is 4.79 Å². The van der Waals surface area contributed by atoms with Crippen molar-refractivity contribution >= 4 is 5.97 Å². The van der Waals surface area contributed by atoms with Gasteiger partial charge >= 0.3 is 5.97 Å². The molecule has 0 aliphatic carbocycles. The number of carboxylic acids is 1. The van der Waals surface area contributed by atoms with Gasteiger partial charge in [0.05, 0.1) is 5.92 Å². The fraction of sp³-hybridized carbons (Fsp3) is 0.300. The molecule has 0 bridgehead atoms. The molecule has 1 aromatic rings. The van der Waals surface area contributed by atoms with E-state index in [9.17, 15) is 13.6 Å². The van der Waals surface area contributed by atoms with Gasteiger partial charge in [-0.2, -0.15) is 0 Å². The van der Waals surface area contributed by atoms with Crippen molar-refractivity contribution in [3.05, 3.63) is 35.4 Å². The van der Waals surface area contributed by atoms with Crippen molar-refractivity contribution in [1.29, 1.82) is 0 Å². The smallest absolute Gasteiger partial charge is 0.310 e. The zero-order chi connectivity index (χ0) is 10.7. The number of carbonyl (C=O) groups is 1.